The average Bonchev–Trinajstić information content (AvgIpc) is 3.18. The Morgan fingerprint density at radius 3 is 2.44 bits per heavy atom. The van der Waals surface area contributed by atoms with Crippen LogP contribution in [-0.4, -0.2) is 24.0 Å². The number of benzene rings is 3. The topological polar surface area (TPSA) is 96.9 Å². The van der Waals surface area contributed by atoms with Crippen LogP contribution in [0.5, 0.6) is 5.75 Å². The molecule has 170 valence electrons. The van der Waals surface area contributed by atoms with E-state index in [4.69, 9.17) is 16.3 Å². The molecule has 2 amide bonds. The Hall–Kier alpha value is -4.01. The number of rotatable bonds is 5. The fraction of sp³-hybridized carbons (Fsp3) is 0.0400. The number of nitrogens with zero attached hydrogens (tertiary/aromatic N) is 1. The highest BCUT2D eigenvalue weighted by Crippen LogP contribution is 2.36. The Labute approximate surface area is 204 Å². The van der Waals surface area contributed by atoms with Gasteiger partial charge in [0.1, 0.15) is 10.6 Å². The number of nitrogens with one attached hydrogen (secondary N) is 2. The smallest absolute Gasteiger partial charge is 0.355 e. The second-order valence-electron chi connectivity index (χ2n) is 7.14. The number of carbonyl (C=O) groups excluding carboxylic acids is 3. The number of ether oxygens (including phenoxy) is 1. The molecular weight excluding hydrogens is 474 g/mol. The van der Waals surface area contributed by atoms with Crippen LogP contribution in [0.2, 0.25) is 5.02 Å². The van der Waals surface area contributed by atoms with Crippen LogP contribution in [0.1, 0.15) is 20.8 Å². The zero-order valence-electron chi connectivity index (χ0n) is 17.9. The van der Waals surface area contributed by atoms with Crippen molar-refractivity contribution in [1.82, 2.24) is 5.43 Å². The van der Waals surface area contributed by atoms with Gasteiger partial charge in [0.25, 0.3) is 0 Å². The minimum atomic E-state index is -0.939. The number of carbonyl (C=O) groups is 3. The van der Waals surface area contributed by atoms with Gasteiger partial charge in [0.2, 0.25) is 0 Å². The maximum Gasteiger partial charge on any atom is 0.355 e. The molecule has 1 aromatic heterocycles. The summed E-state index contributed by atoms with van der Waals surface area (Å²) in [6, 6.07) is 21.2. The monoisotopic (exact) mass is 491 g/mol. The Morgan fingerprint density at radius 2 is 1.65 bits per heavy atom. The van der Waals surface area contributed by atoms with Crippen molar-refractivity contribution in [3.63, 3.8) is 0 Å². The van der Waals surface area contributed by atoms with Crippen LogP contribution in [0.3, 0.4) is 0 Å². The minimum Gasteiger partial charge on any atom is -0.422 e. The summed E-state index contributed by atoms with van der Waals surface area (Å²) in [5, 5.41) is 7.46. The van der Waals surface area contributed by atoms with E-state index in [9.17, 15) is 14.4 Å². The molecular formula is C25H18ClN3O4S. The summed E-state index contributed by atoms with van der Waals surface area (Å²) >= 11 is 7.61. The highest BCUT2D eigenvalue weighted by molar-refractivity contribution is 7.21. The Morgan fingerprint density at radius 1 is 0.941 bits per heavy atom. The van der Waals surface area contributed by atoms with Gasteiger partial charge >= 0.3 is 17.8 Å². The summed E-state index contributed by atoms with van der Waals surface area (Å²) in [6.45, 7) is 1.82. The Bertz CT molecular complexity index is 1430. The fourth-order valence-electron chi connectivity index (χ4n) is 3.08. The molecule has 2 N–H and O–H groups in total. The molecule has 0 saturated carbocycles. The second-order valence-corrected chi connectivity index (χ2v) is 8.57. The fourth-order valence-corrected chi connectivity index (χ4v) is 4.46. The van der Waals surface area contributed by atoms with Crippen molar-refractivity contribution >= 4 is 62.7 Å². The number of hydrogen-bond donors (Lipinski definition) is 2. The average molecular weight is 492 g/mol. The predicted molar refractivity (Wildman–Crippen MR) is 134 cm³/mol. The Balaban J connectivity index is 1.43. The molecule has 3 aromatic carbocycles. The molecule has 0 atom stereocenters. The van der Waals surface area contributed by atoms with Crippen LogP contribution < -0.4 is 15.5 Å². The lowest BCUT2D eigenvalue weighted by atomic mass is 10.2. The van der Waals surface area contributed by atoms with Crippen LogP contribution in [0.25, 0.3) is 10.1 Å². The third-order valence-corrected chi connectivity index (χ3v) is 6.47. The van der Waals surface area contributed by atoms with Crippen LogP contribution in [0.15, 0.2) is 77.9 Å². The molecule has 9 heteroatoms. The first-order chi connectivity index (χ1) is 16.4. The van der Waals surface area contributed by atoms with E-state index in [0.29, 0.717) is 16.3 Å². The van der Waals surface area contributed by atoms with Gasteiger partial charge in [-0.25, -0.2) is 10.2 Å². The molecule has 0 saturated heterocycles. The van der Waals surface area contributed by atoms with Crippen molar-refractivity contribution in [1.29, 1.82) is 0 Å². The summed E-state index contributed by atoms with van der Waals surface area (Å²) in [6.07, 6.45) is 1.29. The molecule has 0 aliphatic carbocycles. The van der Waals surface area contributed by atoms with Gasteiger partial charge in [-0.1, -0.05) is 60.1 Å². The van der Waals surface area contributed by atoms with E-state index in [-0.39, 0.29) is 10.6 Å². The molecule has 1 heterocycles. The first kappa shape index (κ1) is 23.2. The largest absolute Gasteiger partial charge is 0.422 e. The lowest BCUT2D eigenvalue weighted by Gasteiger charge is -2.07. The number of aryl methyl sites for hydroxylation is 1. The molecule has 7 nitrogen and oxygen atoms in total. The van der Waals surface area contributed by atoms with Crippen LogP contribution in [-0.2, 0) is 9.59 Å². The third-order valence-electron chi connectivity index (χ3n) is 4.81. The number of thiophene rings is 1. The Kier molecular flexibility index (Phi) is 7.01. The second kappa shape index (κ2) is 10.3. The van der Waals surface area contributed by atoms with E-state index < -0.39 is 17.8 Å². The number of para-hydroxylation sites is 2. The van der Waals surface area contributed by atoms with Crippen molar-refractivity contribution in [3.05, 3.63) is 93.8 Å². The predicted octanol–water partition coefficient (Wildman–Crippen LogP) is 5.17. The van der Waals surface area contributed by atoms with E-state index >= 15 is 0 Å². The highest BCUT2D eigenvalue weighted by Gasteiger charge is 2.20. The lowest BCUT2D eigenvalue weighted by molar-refractivity contribution is -0.136. The first-order valence-corrected chi connectivity index (χ1v) is 11.3. The zero-order valence-corrected chi connectivity index (χ0v) is 19.4. The van der Waals surface area contributed by atoms with E-state index in [2.05, 4.69) is 15.8 Å². The maximum absolute atomic E-state index is 12.8. The molecule has 0 aliphatic rings. The highest BCUT2D eigenvalue weighted by atomic mass is 35.5. The van der Waals surface area contributed by atoms with Crippen molar-refractivity contribution < 1.29 is 19.1 Å². The molecule has 0 bridgehead atoms. The van der Waals surface area contributed by atoms with Gasteiger partial charge in [-0.2, -0.15) is 5.10 Å². The van der Waals surface area contributed by atoms with Crippen molar-refractivity contribution in [2.75, 3.05) is 5.32 Å². The van der Waals surface area contributed by atoms with Gasteiger partial charge in [-0.05, 0) is 36.8 Å². The number of anilines is 1. The van der Waals surface area contributed by atoms with Gasteiger partial charge in [-0.15, -0.1) is 11.3 Å². The van der Waals surface area contributed by atoms with Crippen LogP contribution in [0.4, 0.5) is 5.69 Å². The molecule has 0 unspecified atom stereocenters. The SMILES string of the molecule is Cc1ccccc1NC(=O)C(=O)N/N=C\c1ccccc1OC(=O)c1sc2ccccc2c1Cl. The van der Waals surface area contributed by atoms with Crippen LogP contribution >= 0.6 is 22.9 Å². The minimum absolute atomic E-state index is 0.225. The van der Waals surface area contributed by atoms with Gasteiger partial charge in [0, 0.05) is 21.3 Å². The van der Waals surface area contributed by atoms with Gasteiger partial charge in [-0.3, -0.25) is 9.59 Å². The van der Waals surface area contributed by atoms with Gasteiger partial charge < -0.3 is 10.1 Å². The lowest BCUT2D eigenvalue weighted by Crippen LogP contribution is -2.32. The van der Waals surface area contributed by atoms with Gasteiger partial charge in [0.05, 0.1) is 11.2 Å². The summed E-state index contributed by atoms with van der Waals surface area (Å²) < 4.78 is 6.42. The molecule has 0 radical (unpaired) electrons. The van der Waals surface area contributed by atoms with E-state index in [1.807, 2.05) is 43.3 Å². The van der Waals surface area contributed by atoms with Crippen molar-refractivity contribution in [2.45, 2.75) is 6.92 Å². The standard InChI is InChI=1S/C25H18ClN3O4S/c1-15-8-2-5-11-18(15)28-23(30)24(31)29-27-14-16-9-3-6-12-19(16)33-25(32)22-21(26)17-10-4-7-13-20(17)34-22/h2-14H,1H3,(H,28,30)(H,29,31)/b27-14-. The quantitative estimate of drug-likeness (QED) is 0.132. The molecule has 0 spiro atoms. The molecule has 0 aliphatic heterocycles. The number of hydrogen-bond acceptors (Lipinski definition) is 6. The molecule has 0 fully saturated rings. The summed E-state index contributed by atoms with van der Waals surface area (Å²) in [5.41, 5.74) is 3.94. The number of esters is 1. The van der Waals surface area contributed by atoms with E-state index in [1.54, 1.807) is 36.4 Å². The summed E-state index contributed by atoms with van der Waals surface area (Å²) in [7, 11) is 0. The van der Waals surface area contributed by atoms with Crippen molar-refractivity contribution in [2.24, 2.45) is 5.10 Å². The third kappa shape index (κ3) is 5.14. The molecule has 4 aromatic rings. The van der Waals surface area contributed by atoms with Crippen molar-refractivity contribution in [3.8, 4) is 5.75 Å². The van der Waals surface area contributed by atoms with Crippen LogP contribution in [0, 0.1) is 6.92 Å². The van der Waals surface area contributed by atoms with E-state index in [1.165, 1.54) is 17.6 Å². The number of amides is 2. The summed E-state index contributed by atoms with van der Waals surface area (Å²) in [4.78, 5) is 37.2. The molecule has 4 rings (SSSR count). The van der Waals surface area contributed by atoms with Gasteiger partial charge in [0.15, 0.2) is 0 Å². The maximum atomic E-state index is 12.8. The number of halogens is 1. The normalized spacial score (nSPS) is 10.9. The first-order valence-electron chi connectivity index (χ1n) is 10.1. The number of hydrazone groups is 1. The molecule has 34 heavy (non-hydrogen) atoms. The summed E-state index contributed by atoms with van der Waals surface area (Å²) in [5.74, 6) is -2.17. The number of fused-ring (bicyclic) bond motifs is 1. The zero-order chi connectivity index (χ0) is 24.1. The van der Waals surface area contributed by atoms with E-state index in [0.717, 1.165) is 15.6 Å².